The fraction of sp³-hybridized carbons (Fsp3) is 0.381. The first-order chi connectivity index (χ1) is 13.7. The number of rotatable bonds is 10. The fourth-order valence-corrected chi connectivity index (χ4v) is 3.84. The lowest BCUT2D eigenvalue weighted by molar-refractivity contribution is -0.121. The number of amides is 1. The molecule has 1 amide bonds. The Morgan fingerprint density at radius 1 is 1.14 bits per heavy atom. The van der Waals surface area contributed by atoms with Gasteiger partial charge in [-0.25, -0.2) is 12.8 Å². The smallest absolute Gasteiger partial charge is 0.232 e. The van der Waals surface area contributed by atoms with E-state index in [1.807, 2.05) is 32.0 Å². The molecular weight excluding hydrogens is 395 g/mol. The molecule has 0 saturated carbocycles. The van der Waals surface area contributed by atoms with E-state index in [2.05, 4.69) is 5.32 Å². The molecule has 0 spiro atoms. The molecule has 29 heavy (non-hydrogen) atoms. The number of benzene rings is 2. The second kappa shape index (κ2) is 10.2. The van der Waals surface area contributed by atoms with Crippen molar-refractivity contribution >= 4 is 21.6 Å². The Bertz CT molecular complexity index is 930. The molecule has 158 valence electrons. The van der Waals surface area contributed by atoms with Crippen LogP contribution in [0.2, 0.25) is 0 Å². The molecule has 0 aromatic heterocycles. The standard InChI is InChI=1S/C21H27FN2O4S/c1-16-6-11-20(17(2)15-16)28-14-12-23-21(25)5-4-13-24(29(3,26)27)19-9-7-18(22)8-10-19/h6-11,15H,4-5,12-14H2,1-3H3,(H,23,25). The number of halogens is 1. The van der Waals surface area contributed by atoms with Crippen molar-refractivity contribution in [3.8, 4) is 5.75 Å². The van der Waals surface area contributed by atoms with Gasteiger partial charge in [0.05, 0.1) is 18.5 Å². The summed E-state index contributed by atoms with van der Waals surface area (Å²) in [6.07, 6.45) is 1.60. The van der Waals surface area contributed by atoms with E-state index in [9.17, 15) is 17.6 Å². The third-order valence-corrected chi connectivity index (χ3v) is 5.49. The van der Waals surface area contributed by atoms with E-state index in [1.54, 1.807) is 0 Å². The SMILES string of the molecule is Cc1ccc(OCCNC(=O)CCCN(c2ccc(F)cc2)S(C)(=O)=O)c(C)c1. The highest BCUT2D eigenvalue weighted by Gasteiger charge is 2.17. The van der Waals surface area contributed by atoms with Gasteiger partial charge in [-0.1, -0.05) is 17.7 Å². The zero-order valence-electron chi connectivity index (χ0n) is 16.9. The number of aryl methyl sites for hydroxylation is 2. The average molecular weight is 423 g/mol. The van der Waals surface area contributed by atoms with Crippen molar-refractivity contribution < 1.29 is 22.3 Å². The summed E-state index contributed by atoms with van der Waals surface area (Å²) in [4.78, 5) is 12.0. The molecule has 6 nitrogen and oxygen atoms in total. The van der Waals surface area contributed by atoms with Crippen molar-refractivity contribution in [3.05, 3.63) is 59.4 Å². The molecule has 0 radical (unpaired) electrons. The van der Waals surface area contributed by atoms with Gasteiger partial charge in [0.15, 0.2) is 0 Å². The minimum absolute atomic E-state index is 0.136. The van der Waals surface area contributed by atoms with Gasteiger partial charge in [0.25, 0.3) is 0 Å². The van der Waals surface area contributed by atoms with E-state index < -0.39 is 15.8 Å². The summed E-state index contributed by atoms with van der Waals surface area (Å²) in [5, 5.41) is 2.76. The minimum Gasteiger partial charge on any atom is -0.491 e. The summed E-state index contributed by atoms with van der Waals surface area (Å²) in [6, 6.07) is 11.1. The fourth-order valence-electron chi connectivity index (χ4n) is 2.88. The van der Waals surface area contributed by atoms with Crippen LogP contribution in [-0.2, 0) is 14.8 Å². The first kappa shape index (κ1) is 22.7. The highest BCUT2D eigenvalue weighted by Crippen LogP contribution is 2.19. The molecule has 2 rings (SSSR count). The number of ether oxygens (including phenoxy) is 1. The van der Waals surface area contributed by atoms with Crippen molar-refractivity contribution in [1.82, 2.24) is 5.32 Å². The third kappa shape index (κ3) is 7.38. The quantitative estimate of drug-likeness (QED) is 0.597. The van der Waals surface area contributed by atoms with Crippen LogP contribution in [0, 0.1) is 19.7 Å². The Kier molecular flexibility index (Phi) is 8.01. The lowest BCUT2D eigenvalue weighted by Crippen LogP contribution is -2.32. The van der Waals surface area contributed by atoms with E-state index in [0.29, 0.717) is 25.3 Å². The van der Waals surface area contributed by atoms with Crippen molar-refractivity contribution in [2.24, 2.45) is 0 Å². The van der Waals surface area contributed by atoms with Crippen LogP contribution in [0.25, 0.3) is 0 Å². The van der Waals surface area contributed by atoms with Crippen molar-refractivity contribution in [2.75, 3.05) is 30.3 Å². The average Bonchev–Trinajstić information content (AvgIpc) is 2.64. The summed E-state index contributed by atoms with van der Waals surface area (Å²) < 4.78 is 43.9. The molecule has 0 fully saturated rings. The van der Waals surface area contributed by atoms with Crippen LogP contribution in [0.1, 0.15) is 24.0 Å². The van der Waals surface area contributed by atoms with Crippen LogP contribution in [0.5, 0.6) is 5.75 Å². The van der Waals surface area contributed by atoms with Gasteiger partial charge in [-0.3, -0.25) is 9.10 Å². The number of anilines is 1. The van der Waals surface area contributed by atoms with E-state index >= 15 is 0 Å². The van der Waals surface area contributed by atoms with E-state index in [1.165, 1.54) is 28.6 Å². The zero-order chi connectivity index (χ0) is 21.4. The second-order valence-electron chi connectivity index (χ2n) is 6.88. The largest absolute Gasteiger partial charge is 0.491 e. The summed E-state index contributed by atoms with van der Waals surface area (Å²) >= 11 is 0. The summed E-state index contributed by atoms with van der Waals surface area (Å²) in [7, 11) is -3.53. The first-order valence-electron chi connectivity index (χ1n) is 9.37. The van der Waals surface area contributed by atoms with Crippen molar-refractivity contribution in [1.29, 1.82) is 0 Å². The Labute approximate surface area is 171 Å². The van der Waals surface area contributed by atoms with Crippen LogP contribution < -0.4 is 14.4 Å². The van der Waals surface area contributed by atoms with Crippen LogP contribution in [-0.4, -0.2) is 40.3 Å². The van der Waals surface area contributed by atoms with E-state index in [-0.39, 0.29) is 18.9 Å². The molecular formula is C21H27FN2O4S. The van der Waals surface area contributed by atoms with Crippen molar-refractivity contribution in [2.45, 2.75) is 26.7 Å². The molecule has 0 atom stereocenters. The predicted molar refractivity (Wildman–Crippen MR) is 112 cm³/mol. The van der Waals surface area contributed by atoms with Gasteiger partial charge < -0.3 is 10.1 Å². The van der Waals surface area contributed by atoms with Gasteiger partial charge in [-0.05, 0) is 56.2 Å². The molecule has 2 aromatic rings. The maximum absolute atomic E-state index is 13.1. The number of hydrogen-bond acceptors (Lipinski definition) is 4. The molecule has 2 aromatic carbocycles. The number of sulfonamides is 1. The van der Waals surface area contributed by atoms with Crippen molar-refractivity contribution in [3.63, 3.8) is 0 Å². The van der Waals surface area contributed by atoms with E-state index in [0.717, 1.165) is 23.1 Å². The molecule has 0 unspecified atom stereocenters. The summed E-state index contributed by atoms with van der Waals surface area (Å²) in [5.41, 5.74) is 2.57. The minimum atomic E-state index is -3.53. The Morgan fingerprint density at radius 3 is 2.45 bits per heavy atom. The monoisotopic (exact) mass is 422 g/mol. The van der Waals surface area contributed by atoms with Crippen LogP contribution in [0.15, 0.2) is 42.5 Å². The van der Waals surface area contributed by atoms with Gasteiger partial charge in [0, 0.05) is 13.0 Å². The van der Waals surface area contributed by atoms with Crippen LogP contribution >= 0.6 is 0 Å². The molecule has 0 bridgehead atoms. The maximum Gasteiger partial charge on any atom is 0.232 e. The Morgan fingerprint density at radius 2 is 1.83 bits per heavy atom. The molecule has 8 heteroatoms. The first-order valence-corrected chi connectivity index (χ1v) is 11.2. The number of carbonyl (C=O) groups excluding carboxylic acids is 1. The topological polar surface area (TPSA) is 75.7 Å². The van der Waals surface area contributed by atoms with Gasteiger partial charge >= 0.3 is 0 Å². The summed E-state index contributed by atoms with van der Waals surface area (Å²) in [6.45, 7) is 4.82. The van der Waals surface area contributed by atoms with E-state index in [4.69, 9.17) is 4.74 Å². The molecule has 0 heterocycles. The lowest BCUT2D eigenvalue weighted by Gasteiger charge is -2.22. The zero-order valence-corrected chi connectivity index (χ0v) is 17.8. The van der Waals surface area contributed by atoms with Crippen LogP contribution in [0.3, 0.4) is 0 Å². The number of hydrogen-bond donors (Lipinski definition) is 1. The molecule has 0 aliphatic rings. The lowest BCUT2D eigenvalue weighted by atomic mass is 10.1. The molecule has 0 aliphatic carbocycles. The maximum atomic E-state index is 13.1. The van der Waals surface area contributed by atoms with Crippen LogP contribution in [0.4, 0.5) is 10.1 Å². The third-order valence-electron chi connectivity index (χ3n) is 4.29. The second-order valence-corrected chi connectivity index (χ2v) is 8.79. The highest BCUT2D eigenvalue weighted by atomic mass is 32.2. The number of carbonyl (C=O) groups is 1. The Hall–Kier alpha value is -2.61. The van der Waals surface area contributed by atoms with Gasteiger partial charge in [-0.15, -0.1) is 0 Å². The normalized spacial score (nSPS) is 11.2. The highest BCUT2D eigenvalue weighted by molar-refractivity contribution is 7.92. The molecule has 0 saturated heterocycles. The number of nitrogens with one attached hydrogen (secondary N) is 1. The number of nitrogens with zero attached hydrogens (tertiary/aromatic N) is 1. The predicted octanol–water partition coefficient (Wildman–Crippen LogP) is 3.18. The molecule has 1 N–H and O–H groups in total. The summed E-state index contributed by atoms with van der Waals surface area (Å²) in [5.74, 6) is 0.166. The van der Waals surface area contributed by atoms with Gasteiger partial charge in [0.2, 0.25) is 15.9 Å². The molecule has 0 aliphatic heterocycles. The Balaban J connectivity index is 1.75. The van der Waals surface area contributed by atoms with Gasteiger partial charge in [-0.2, -0.15) is 0 Å². The van der Waals surface area contributed by atoms with Gasteiger partial charge in [0.1, 0.15) is 18.2 Å².